The van der Waals surface area contributed by atoms with Crippen LogP contribution in [-0.2, 0) is 12.7 Å². The zero-order chi connectivity index (χ0) is 23.0. The number of alkyl halides is 3. The number of carbonyl (C=O) groups excluding carboxylic acids is 1. The van der Waals surface area contributed by atoms with Gasteiger partial charge in [-0.05, 0) is 44.4 Å². The fourth-order valence-electron chi connectivity index (χ4n) is 3.78. The van der Waals surface area contributed by atoms with Crippen molar-refractivity contribution in [2.24, 2.45) is 0 Å². The Morgan fingerprint density at radius 1 is 1.25 bits per heavy atom. The molecule has 1 aliphatic heterocycles. The van der Waals surface area contributed by atoms with Crippen molar-refractivity contribution >= 4 is 23.3 Å². The van der Waals surface area contributed by atoms with Gasteiger partial charge in [-0.25, -0.2) is 4.79 Å². The Bertz CT molecular complexity index is 1130. The van der Waals surface area contributed by atoms with Gasteiger partial charge in [0.05, 0.1) is 12.6 Å². The Balaban J connectivity index is 1.58. The van der Waals surface area contributed by atoms with Crippen LogP contribution in [0.4, 0.5) is 23.7 Å². The summed E-state index contributed by atoms with van der Waals surface area (Å²) >= 11 is 5.96. The third-order valence-electron chi connectivity index (χ3n) is 5.38. The second-order valence-corrected chi connectivity index (χ2v) is 8.01. The number of aromatic nitrogens is 4. The minimum absolute atomic E-state index is 0.0526. The lowest BCUT2D eigenvalue weighted by Crippen LogP contribution is -2.36. The van der Waals surface area contributed by atoms with E-state index >= 15 is 0 Å². The van der Waals surface area contributed by atoms with Crippen molar-refractivity contribution in [3.05, 3.63) is 58.0 Å². The fraction of sp³-hybridized carbons (Fsp3) is 0.400. The lowest BCUT2D eigenvalue weighted by Gasteiger charge is -2.25. The van der Waals surface area contributed by atoms with Gasteiger partial charge in [-0.3, -0.25) is 0 Å². The van der Waals surface area contributed by atoms with Crippen molar-refractivity contribution in [2.45, 2.75) is 45.5 Å². The van der Waals surface area contributed by atoms with Gasteiger partial charge in [0.2, 0.25) is 0 Å². The van der Waals surface area contributed by atoms with Gasteiger partial charge in [-0.2, -0.15) is 13.2 Å². The number of hydrogen-bond acceptors (Lipinski definition) is 5. The minimum atomic E-state index is -4.77. The van der Waals surface area contributed by atoms with Crippen molar-refractivity contribution in [1.29, 1.82) is 0 Å². The average Bonchev–Trinajstić information content (AvgIpc) is 3.43. The van der Waals surface area contributed by atoms with Gasteiger partial charge >= 0.3 is 12.2 Å². The topological polar surface area (TPSA) is 89.1 Å². The molecule has 3 aromatic rings. The van der Waals surface area contributed by atoms with Crippen molar-refractivity contribution in [1.82, 2.24) is 24.8 Å². The number of amides is 2. The van der Waals surface area contributed by atoms with Crippen LogP contribution in [0.1, 0.15) is 47.5 Å². The minimum Gasteiger partial charge on any atom is -0.349 e. The maximum Gasteiger partial charge on any atom is 0.454 e. The summed E-state index contributed by atoms with van der Waals surface area (Å²) in [5, 5.41) is 14.7. The maximum absolute atomic E-state index is 13.2. The first-order valence-electron chi connectivity index (χ1n) is 9.90. The van der Waals surface area contributed by atoms with Crippen LogP contribution in [0.2, 0.25) is 5.02 Å². The Labute approximate surface area is 186 Å². The van der Waals surface area contributed by atoms with Gasteiger partial charge in [-0.15, -0.1) is 10.2 Å². The second kappa shape index (κ2) is 8.45. The third kappa shape index (κ3) is 4.29. The molecule has 1 atom stereocenters. The van der Waals surface area contributed by atoms with Crippen molar-refractivity contribution < 1.29 is 22.5 Å². The van der Waals surface area contributed by atoms with Crippen molar-refractivity contribution in [3.63, 3.8) is 0 Å². The zero-order valence-corrected chi connectivity index (χ0v) is 18.0. The summed E-state index contributed by atoms with van der Waals surface area (Å²) in [6.07, 6.45) is -3.48. The molecule has 12 heteroatoms. The zero-order valence-electron chi connectivity index (χ0n) is 17.3. The van der Waals surface area contributed by atoms with Crippen LogP contribution >= 0.6 is 11.6 Å². The first kappa shape index (κ1) is 22.1. The van der Waals surface area contributed by atoms with E-state index < -0.39 is 29.7 Å². The Morgan fingerprint density at radius 3 is 2.66 bits per heavy atom. The molecular weight excluding hydrogens is 449 g/mol. The second-order valence-electron chi connectivity index (χ2n) is 7.57. The predicted molar refractivity (Wildman–Crippen MR) is 109 cm³/mol. The van der Waals surface area contributed by atoms with Gasteiger partial charge in [0.1, 0.15) is 17.2 Å². The number of urea groups is 1. The Morgan fingerprint density at radius 2 is 1.97 bits per heavy atom. The molecule has 4 rings (SSSR count). The van der Waals surface area contributed by atoms with E-state index in [1.54, 1.807) is 12.1 Å². The van der Waals surface area contributed by atoms with E-state index in [4.69, 9.17) is 11.6 Å². The number of likely N-dealkylation sites (tertiary alicyclic amines) is 1. The summed E-state index contributed by atoms with van der Waals surface area (Å²) in [4.78, 5) is 14.4. The van der Waals surface area contributed by atoms with E-state index in [2.05, 4.69) is 25.2 Å². The van der Waals surface area contributed by atoms with Crippen LogP contribution < -0.4 is 5.32 Å². The molecule has 8 nitrogen and oxygen atoms in total. The molecule has 0 bridgehead atoms. The molecule has 2 aromatic heterocycles. The quantitative estimate of drug-likeness (QED) is 0.583. The number of anilines is 1. The molecule has 0 aliphatic carbocycles. The van der Waals surface area contributed by atoms with E-state index in [9.17, 15) is 18.0 Å². The van der Waals surface area contributed by atoms with Gasteiger partial charge < -0.3 is 19.3 Å². The monoisotopic (exact) mass is 468 g/mol. The van der Waals surface area contributed by atoms with E-state index in [0.717, 1.165) is 5.56 Å². The van der Waals surface area contributed by atoms with Crippen LogP contribution in [0, 0.1) is 13.8 Å². The molecule has 2 amide bonds. The van der Waals surface area contributed by atoms with Crippen molar-refractivity contribution in [3.8, 4) is 0 Å². The van der Waals surface area contributed by atoms with Gasteiger partial charge in [0, 0.05) is 11.6 Å². The number of nitrogens with one attached hydrogen (secondary N) is 1. The van der Waals surface area contributed by atoms with Gasteiger partial charge in [0.15, 0.2) is 5.82 Å². The maximum atomic E-state index is 13.2. The normalized spacial score (nSPS) is 16.6. The summed E-state index contributed by atoms with van der Waals surface area (Å²) in [6.45, 7) is 3.99. The molecular formula is C20H20ClF3N6O2. The van der Waals surface area contributed by atoms with Crippen molar-refractivity contribution in [2.75, 3.05) is 11.9 Å². The number of nitrogens with zero attached hydrogens (tertiary/aromatic N) is 5. The molecule has 3 heterocycles. The standard InChI is InChI=1S/C20H20ClF3N6O2/c1-11-16(17(32-28-11)20(22,23)24)25-19(31)29-9-3-4-15(29)18-27-26-12(2)30(18)10-13-5-7-14(21)8-6-13/h5-8,15H,3-4,9-10H2,1-2H3,(H,25,31)/t15-/m1/s1. The number of rotatable bonds is 4. The van der Waals surface area contributed by atoms with E-state index in [1.165, 1.54) is 11.8 Å². The summed E-state index contributed by atoms with van der Waals surface area (Å²) < 4.78 is 45.9. The molecule has 0 radical (unpaired) electrons. The highest BCUT2D eigenvalue weighted by Crippen LogP contribution is 2.38. The summed E-state index contributed by atoms with van der Waals surface area (Å²) in [5.41, 5.74) is 0.442. The molecule has 0 unspecified atom stereocenters. The van der Waals surface area contributed by atoms with E-state index in [1.807, 2.05) is 23.6 Å². The fourth-order valence-corrected chi connectivity index (χ4v) is 3.91. The SMILES string of the molecule is Cc1noc(C(F)(F)F)c1NC(=O)N1CCC[C@@H]1c1nnc(C)n1Cc1ccc(Cl)cc1. The smallest absolute Gasteiger partial charge is 0.349 e. The number of carbonyl (C=O) groups is 1. The lowest BCUT2D eigenvalue weighted by molar-refractivity contribution is -0.154. The molecule has 32 heavy (non-hydrogen) atoms. The van der Waals surface area contributed by atoms with E-state index in [0.29, 0.717) is 42.6 Å². The number of halogens is 4. The summed E-state index contributed by atoms with van der Waals surface area (Å²) in [6, 6.07) is 6.23. The molecule has 170 valence electrons. The molecule has 1 saturated heterocycles. The first-order valence-corrected chi connectivity index (χ1v) is 10.3. The van der Waals surface area contributed by atoms with Gasteiger partial charge in [0.25, 0.3) is 5.76 Å². The highest BCUT2D eigenvalue weighted by atomic mass is 35.5. The predicted octanol–water partition coefficient (Wildman–Crippen LogP) is 4.97. The Kier molecular flexibility index (Phi) is 5.85. The molecule has 1 N–H and O–H groups in total. The Hall–Kier alpha value is -3.08. The van der Waals surface area contributed by atoms with Crippen LogP contribution in [0.15, 0.2) is 28.8 Å². The van der Waals surface area contributed by atoms with Gasteiger partial charge in [-0.1, -0.05) is 28.9 Å². The average molecular weight is 469 g/mol. The number of benzene rings is 1. The van der Waals surface area contributed by atoms with Crippen LogP contribution in [0.5, 0.6) is 0 Å². The molecule has 0 saturated carbocycles. The molecule has 1 aliphatic rings. The number of hydrogen-bond donors (Lipinski definition) is 1. The highest BCUT2D eigenvalue weighted by Gasteiger charge is 2.42. The molecule has 1 fully saturated rings. The van der Waals surface area contributed by atoms with E-state index in [-0.39, 0.29) is 5.69 Å². The lowest BCUT2D eigenvalue weighted by atomic mass is 10.2. The third-order valence-corrected chi connectivity index (χ3v) is 5.63. The summed E-state index contributed by atoms with van der Waals surface area (Å²) in [5.74, 6) is -0.0968. The van der Waals surface area contributed by atoms with Crippen LogP contribution in [0.25, 0.3) is 0 Å². The first-order chi connectivity index (χ1) is 15.1. The summed E-state index contributed by atoms with van der Waals surface area (Å²) in [7, 11) is 0. The molecule has 0 spiro atoms. The van der Waals surface area contributed by atoms with Crippen LogP contribution in [0.3, 0.4) is 0 Å². The van der Waals surface area contributed by atoms with Crippen LogP contribution in [-0.4, -0.2) is 37.4 Å². The number of aryl methyl sites for hydroxylation is 2. The largest absolute Gasteiger partial charge is 0.454 e. The molecule has 1 aromatic carbocycles. The highest BCUT2D eigenvalue weighted by molar-refractivity contribution is 6.30.